The molecule has 2 aliphatic rings. The first kappa shape index (κ1) is 21.1. The molecule has 0 saturated carbocycles. The van der Waals surface area contributed by atoms with E-state index in [1.165, 1.54) is 12.0 Å². The topological polar surface area (TPSA) is 92.5 Å². The summed E-state index contributed by atoms with van der Waals surface area (Å²) in [6, 6.07) is 9.49. The number of amides is 1. The third kappa shape index (κ3) is 4.22. The Labute approximate surface area is 180 Å². The van der Waals surface area contributed by atoms with Crippen LogP contribution in [0.3, 0.4) is 0 Å². The van der Waals surface area contributed by atoms with Crippen molar-refractivity contribution in [2.75, 3.05) is 46.5 Å². The number of carbonyl (C=O) groups excluding carboxylic acids is 2. The molecule has 1 N–H and O–H groups in total. The number of nitrogens with zero attached hydrogens (tertiary/aromatic N) is 2. The molecule has 0 spiro atoms. The average molecular weight is 426 g/mol. The lowest BCUT2D eigenvalue weighted by molar-refractivity contribution is -0.140. The summed E-state index contributed by atoms with van der Waals surface area (Å²) in [5.41, 5.74) is 0.424. The quantitative estimate of drug-likeness (QED) is 0.431. The number of carbonyl (C=O) groups is 2. The molecule has 8 heteroatoms. The van der Waals surface area contributed by atoms with Crippen LogP contribution in [0.25, 0.3) is 5.76 Å². The summed E-state index contributed by atoms with van der Waals surface area (Å²) >= 11 is 0. The fourth-order valence-corrected chi connectivity index (χ4v) is 4.01. The highest BCUT2D eigenvalue weighted by Gasteiger charge is 2.47. The molecule has 2 fully saturated rings. The number of likely N-dealkylation sites (tertiary alicyclic amines) is 1. The first-order chi connectivity index (χ1) is 15.0. The molecule has 1 amide bonds. The van der Waals surface area contributed by atoms with E-state index in [0.717, 1.165) is 13.1 Å². The van der Waals surface area contributed by atoms with Gasteiger partial charge in [0.15, 0.2) is 0 Å². The number of ether oxygens (including phenoxy) is 2. The molecule has 4 rings (SSSR count). The highest BCUT2D eigenvalue weighted by molar-refractivity contribution is 6.46. The van der Waals surface area contributed by atoms with Gasteiger partial charge in [-0.25, -0.2) is 0 Å². The predicted octanol–water partition coefficient (Wildman–Crippen LogP) is 2.35. The van der Waals surface area contributed by atoms with E-state index >= 15 is 0 Å². The second-order valence-corrected chi connectivity index (χ2v) is 7.63. The zero-order valence-electron chi connectivity index (χ0n) is 17.7. The maximum Gasteiger partial charge on any atom is 0.295 e. The summed E-state index contributed by atoms with van der Waals surface area (Å²) in [6.07, 6.45) is 0. The molecule has 164 valence electrons. The van der Waals surface area contributed by atoms with Gasteiger partial charge in [0.1, 0.15) is 29.1 Å². The van der Waals surface area contributed by atoms with E-state index in [2.05, 4.69) is 4.90 Å². The van der Waals surface area contributed by atoms with Gasteiger partial charge in [0.25, 0.3) is 11.7 Å². The Morgan fingerprint density at radius 2 is 1.94 bits per heavy atom. The third-order valence-electron chi connectivity index (χ3n) is 5.67. The maximum absolute atomic E-state index is 13.0. The summed E-state index contributed by atoms with van der Waals surface area (Å²) in [6.45, 7) is 5.59. The Morgan fingerprint density at radius 1 is 1.16 bits per heavy atom. The number of furan rings is 1. The molecular weight excluding hydrogens is 400 g/mol. The third-order valence-corrected chi connectivity index (χ3v) is 5.67. The fraction of sp³-hybridized carbons (Fsp3) is 0.391. The minimum atomic E-state index is -0.791. The van der Waals surface area contributed by atoms with Crippen molar-refractivity contribution in [2.24, 2.45) is 0 Å². The molecular formula is C23H26N2O6. The van der Waals surface area contributed by atoms with Gasteiger partial charge in [-0.3, -0.25) is 14.5 Å². The van der Waals surface area contributed by atoms with Gasteiger partial charge in [0.05, 0.1) is 25.9 Å². The largest absolute Gasteiger partial charge is 0.507 e. The number of hydrogen-bond donors (Lipinski definition) is 1. The standard InChI is InChI=1S/C23H26N2O6/c1-15-6-7-18(31-15)20-19(21(26)16-4-3-5-17(14-16)29-2)22(27)23(28)25(20)9-8-24-10-12-30-13-11-24/h3-7,14,20,26H,8-13H2,1-2H3/t20-/m0/s1. The van der Waals surface area contributed by atoms with E-state index in [4.69, 9.17) is 13.9 Å². The number of rotatable bonds is 6. The second-order valence-electron chi connectivity index (χ2n) is 7.63. The van der Waals surface area contributed by atoms with Crippen LogP contribution in [0.2, 0.25) is 0 Å². The number of methoxy groups -OCH3 is 1. The van der Waals surface area contributed by atoms with E-state index in [-0.39, 0.29) is 11.3 Å². The molecule has 1 aromatic heterocycles. The van der Waals surface area contributed by atoms with E-state index in [1.807, 2.05) is 0 Å². The molecule has 3 heterocycles. The highest BCUT2D eigenvalue weighted by atomic mass is 16.5. The summed E-state index contributed by atoms with van der Waals surface area (Å²) in [5, 5.41) is 11.1. The average Bonchev–Trinajstić information content (AvgIpc) is 3.33. The van der Waals surface area contributed by atoms with E-state index in [1.54, 1.807) is 43.3 Å². The van der Waals surface area contributed by atoms with Crippen LogP contribution in [0.1, 0.15) is 23.1 Å². The van der Waals surface area contributed by atoms with Crippen LogP contribution < -0.4 is 4.74 Å². The van der Waals surface area contributed by atoms with E-state index in [9.17, 15) is 14.7 Å². The van der Waals surface area contributed by atoms with Crippen molar-refractivity contribution in [3.8, 4) is 5.75 Å². The molecule has 2 saturated heterocycles. The molecule has 8 nitrogen and oxygen atoms in total. The number of hydrogen-bond acceptors (Lipinski definition) is 7. The van der Waals surface area contributed by atoms with Crippen molar-refractivity contribution in [3.05, 3.63) is 59.1 Å². The van der Waals surface area contributed by atoms with Gasteiger partial charge >= 0.3 is 0 Å². The number of Topliss-reactive ketones (excluding diaryl/α,β-unsaturated/α-hetero) is 1. The highest BCUT2D eigenvalue weighted by Crippen LogP contribution is 2.40. The summed E-state index contributed by atoms with van der Waals surface area (Å²) in [4.78, 5) is 29.6. The molecule has 2 aliphatic heterocycles. The van der Waals surface area contributed by atoms with Crippen LogP contribution in [0, 0.1) is 6.92 Å². The van der Waals surface area contributed by atoms with Gasteiger partial charge in [-0.2, -0.15) is 0 Å². The molecule has 2 aromatic rings. The van der Waals surface area contributed by atoms with Crippen LogP contribution in [-0.2, 0) is 14.3 Å². The molecule has 0 bridgehead atoms. The van der Waals surface area contributed by atoms with Gasteiger partial charge in [0, 0.05) is 31.7 Å². The molecule has 0 radical (unpaired) electrons. The summed E-state index contributed by atoms with van der Waals surface area (Å²) in [5.74, 6) is 0.0394. The second kappa shape index (κ2) is 8.95. The van der Waals surface area contributed by atoms with Crippen molar-refractivity contribution in [1.82, 2.24) is 9.80 Å². The van der Waals surface area contributed by atoms with Crippen LogP contribution in [0.15, 0.2) is 46.4 Å². The molecule has 1 aromatic carbocycles. The van der Waals surface area contributed by atoms with Crippen molar-refractivity contribution in [3.63, 3.8) is 0 Å². The minimum Gasteiger partial charge on any atom is -0.507 e. The maximum atomic E-state index is 13.0. The first-order valence-corrected chi connectivity index (χ1v) is 10.3. The Morgan fingerprint density at radius 3 is 2.61 bits per heavy atom. The lowest BCUT2D eigenvalue weighted by Gasteiger charge is -2.30. The Bertz CT molecular complexity index is 1010. The van der Waals surface area contributed by atoms with Gasteiger partial charge in [-0.05, 0) is 31.2 Å². The lowest BCUT2D eigenvalue weighted by atomic mass is 9.99. The predicted molar refractivity (Wildman–Crippen MR) is 113 cm³/mol. The Balaban J connectivity index is 1.72. The molecule has 31 heavy (non-hydrogen) atoms. The first-order valence-electron chi connectivity index (χ1n) is 10.3. The number of aliphatic hydroxyl groups is 1. The van der Waals surface area contributed by atoms with Crippen LogP contribution in [0.4, 0.5) is 0 Å². The van der Waals surface area contributed by atoms with Crippen molar-refractivity contribution >= 4 is 17.4 Å². The van der Waals surface area contributed by atoms with Gasteiger partial charge < -0.3 is 23.9 Å². The zero-order valence-corrected chi connectivity index (χ0v) is 17.7. The number of morpholine rings is 1. The Hall–Kier alpha value is -3.10. The number of aliphatic hydroxyl groups excluding tert-OH is 1. The van der Waals surface area contributed by atoms with Crippen molar-refractivity contribution in [1.29, 1.82) is 0 Å². The van der Waals surface area contributed by atoms with Crippen LogP contribution >= 0.6 is 0 Å². The number of aryl methyl sites for hydroxylation is 1. The molecule has 1 atom stereocenters. The number of ketones is 1. The van der Waals surface area contributed by atoms with Gasteiger partial charge in [-0.15, -0.1) is 0 Å². The summed E-state index contributed by atoms with van der Waals surface area (Å²) < 4.78 is 16.4. The van der Waals surface area contributed by atoms with E-state index < -0.39 is 17.7 Å². The van der Waals surface area contributed by atoms with Gasteiger partial charge in [0.2, 0.25) is 0 Å². The minimum absolute atomic E-state index is 0.0228. The molecule has 0 aliphatic carbocycles. The number of benzene rings is 1. The van der Waals surface area contributed by atoms with E-state index in [0.29, 0.717) is 49.1 Å². The zero-order chi connectivity index (χ0) is 22.0. The Kier molecular flexibility index (Phi) is 6.11. The smallest absolute Gasteiger partial charge is 0.295 e. The monoisotopic (exact) mass is 426 g/mol. The SMILES string of the molecule is COc1cccc(C(O)=C2C(=O)C(=O)N(CCN3CCOCC3)[C@H]2c2ccc(C)o2)c1. The normalized spacial score (nSPS) is 21.6. The fourth-order valence-electron chi connectivity index (χ4n) is 4.01. The lowest BCUT2D eigenvalue weighted by Crippen LogP contribution is -2.42. The van der Waals surface area contributed by atoms with Gasteiger partial charge in [-0.1, -0.05) is 12.1 Å². The van der Waals surface area contributed by atoms with Crippen LogP contribution in [0.5, 0.6) is 5.75 Å². The van der Waals surface area contributed by atoms with Crippen molar-refractivity contribution in [2.45, 2.75) is 13.0 Å². The summed E-state index contributed by atoms with van der Waals surface area (Å²) in [7, 11) is 1.52. The van der Waals surface area contributed by atoms with Crippen LogP contribution in [-0.4, -0.2) is 73.1 Å². The van der Waals surface area contributed by atoms with Crippen molar-refractivity contribution < 1.29 is 28.6 Å². The molecule has 0 unspecified atom stereocenters.